The van der Waals surface area contributed by atoms with Crippen LogP contribution in [0, 0.1) is 11.3 Å². The molecule has 2 aliphatic heterocycles. The Morgan fingerprint density at radius 1 is 0.957 bits per heavy atom. The van der Waals surface area contributed by atoms with Crippen LogP contribution in [0.2, 0.25) is 0 Å². The first-order valence-electron chi connectivity index (χ1n) is 9.81. The van der Waals surface area contributed by atoms with Crippen molar-refractivity contribution in [2.75, 3.05) is 19.6 Å². The quantitative estimate of drug-likeness (QED) is 0.758. The smallest absolute Gasteiger partial charge is 0.0710 e. The van der Waals surface area contributed by atoms with Gasteiger partial charge in [0.05, 0.1) is 23.9 Å². The van der Waals surface area contributed by atoms with E-state index >= 15 is 0 Å². The summed E-state index contributed by atoms with van der Waals surface area (Å²) in [6.07, 6.45) is 8.95. The van der Waals surface area contributed by atoms with Gasteiger partial charge in [-0.3, -0.25) is 4.90 Å². The van der Waals surface area contributed by atoms with Gasteiger partial charge in [0.25, 0.3) is 0 Å². The van der Waals surface area contributed by atoms with Crippen molar-refractivity contribution in [3.05, 3.63) is 0 Å². The highest BCUT2D eigenvalue weighted by Gasteiger charge is 2.45. The summed E-state index contributed by atoms with van der Waals surface area (Å²) in [4.78, 5) is 2.56. The predicted octanol–water partition coefficient (Wildman–Crippen LogP) is 4.25. The van der Waals surface area contributed by atoms with Gasteiger partial charge in [0.1, 0.15) is 0 Å². The second-order valence-electron chi connectivity index (χ2n) is 9.58. The number of morpholine rings is 1. The Labute approximate surface area is 143 Å². The van der Waals surface area contributed by atoms with E-state index in [-0.39, 0.29) is 5.60 Å². The molecule has 3 heteroatoms. The number of rotatable bonds is 2. The minimum Gasteiger partial charge on any atom is -0.373 e. The van der Waals surface area contributed by atoms with Crippen LogP contribution in [0.15, 0.2) is 0 Å². The maximum absolute atomic E-state index is 6.64. The first-order chi connectivity index (χ1) is 10.8. The third-order valence-electron chi connectivity index (χ3n) is 6.42. The van der Waals surface area contributed by atoms with Crippen LogP contribution in [0.3, 0.4) is 0 Å². The Balaban J connectivity index is 1.49. The van der Waals surface area contributed by atoms with Gasteiger partial charge in [-0.25, -0.2) is 0 Å². The summed E-state index contributed by atoms with van der Waals surface area (Å²) < 4.78 is 12.5. The molecule has 0 bridgehead atoms. The van der Waals surface area contributed by atoms with Crippen molar-refractivity contribution in [2.45, 2.75) is 97.1 Å². The molecule has 3 atom stereocenters. The third kappa shape index (κ3) is 4.29. The molecule has 2 heterocycles. The van der Waals surface area contributed by atoms with Gasteiger partial charge in [0.15, 0.2) is 0 Å². The van der Waals surface area contributed by atoms with E-state index in [4.69, 9.17) is 9.47 Å². The minimum atomic E-state index is 0.218. The zero-order valence-corrected chi connectivity index (χ0v) is 15.9. The topological polar surface area (TPSA) is 21.7 Å². The van der Waals surface area contributed by atoms with Gasteiger partial charge in [0, 0.05) is 19.6 Å². The highest BCUT2D eigenvalue weighted by molar-refractivity contribution is 4.96. The summed E-state index contributed by atoms with van der Waals surface area (Å²) in [6, 6.07) is 0. The van der Waals surface area contributed by atoms with Crippen molar-refractivity contribution in [2.24, 2.45) is 11.3 Å². The van der Waals surface area contributed by atoms with E-state index in [0.29, 0.717) is 23.7 Å². The van der Waals surface area contributed by atoms with Crippen molar-refractivity contribution >= 4 is 0 Å². The Morgan fingerprint density at radius 3 is 2.09 bits per heavy atom. The van der Waals surface area contributed by atoms with Crippen LogP contribution in [0.25, 0.3) is 0 Å². The SMILES string of the molecule is CC1CN(CC2CCC3(CCC(C(C)(C)C)CC3)O2)CC(C)O1. The lowest BCUT2D eigenvalue weighted by Gasteiger charge is -2.42. The molecular formula is C20H37NO2. The van der Waals surface area contributed by atoms with E-state index < -0.39 is 0 Å². The lowest BCUT2D eigenvalue weighted by Crippen LogP contribution is -2.48. The average Bonchev–Trinajstić information content (AvgIpc) is 2.79. The van der Waals surface area contributed by atoms with E-state index in [1.807, 2.05) is 0 Å². The van der Waals surface area contributed by atoms with E-state index in [1.165, 1.54) is 38.5 Å². The number of hydrogen-bond donors (Lipinski definition) is 0. The average molecular weight is 324 g/mol. The normalized spacial score (nSPS) is 43.2. The van der Waals surface area contributed by atoms with E-state index in [0.717, 1.165) is 25.6 Å². The van der Waals surface area contributed by atoms with Crippen molar-refractivity contribution < 1.29 is 9.47 Å². The fourth-order valence-corrected chi connectivity index (χ4v) is 5.12. The van der Waals surface area contributed by atoms with Gasteiger partial charge < -0.3 is 9.47 Å². The summed E-state index contributed by atoms with van der Waals surface area (Å²) in [7, 11) is 0. The molecule has 0 aromatic carbocycles. The molecular weight excluding hydrogens is 286 g/mol. The zero-order valence-electron chi connectivity index (χ0n) is 15.9. The van der Waals surface area contributed by atoms with Crippen molar-refractivity contribution in [3.8, 4) is 0 Å². The molecule has 0 amide bonds. The van der Waals surface area contributed by atoms with Crippen LogP contribution in [0.4, 0.5) is 0 Å². The molecule has 23 heavy (non-hydrogen) atoms. The Hall–Kier alpha value is -0.120. The molecule has 134 valence electrons. The Morgan fingerprint density at radius 2 is 1.52 bits per heavy atom. The largest absolute Gasteiger partial charge is 0.373 e. The van der Waals surface area contributed by atoms with E-state index in [1.54, 1.807) is 0 Å². The second-order valence-corrected chi connectivity index (χ2v) is 9.58. The fraction of sp³-hybridized carbons (Fsp3) is 1.00. The van der Waals surface area contributed by atoms with Crippen molar-refractivity contribution in [1.82, 2.24) is 4.90 Å². The lowest BCUT2D eigenvalue weighted by atomic mass is 9.68. The van der Waals surface area contributed by atoms with Gasteiger partial charge >= 0.3 is 0 Å². The van der Waals surface area contributed by atoms with Gasteiger partial charge in [-0.2, -0.15) is 0 Å². The summed E-state index contributed by atoms with van der Waals surface area (Å²) in [6.45, 7) is 14.8. The second kappa shape index (κ2) is 6.65. The molecule has 1 saturated carbocycles. The van der Waals surface area contributed by atoms with E-state index in [9.17, 15) is 0 Å². The Bertz CT molecular complexity index is 385. The van der Waals surface area contributed by atoms with Crippen LogP contribution < -0.4 is 0 Å². The standard InChI is InChI=1S/C20H37NO2/c1-15-12-21(13-16(2)22-15)14-18-8-11-20(23-18)9-6-17(7-10-20)19(3,4)5/h15-18H,6-14H2,1-5H3. The molecule has 1 spiro atoms. The number of nitrogens with zero attached hydrogens (tertiary/aromatic N) is 1. The highest BCUT2D eigenvalue weighted by Crippen LogP contribution is 2.47. The van der Waals surface area contributed by atoms with Crippen molar-refractivity contribution in [3.63, 3.8) is 0 Å². The lowest BCUT2D eigenvalue weighted by molar-refractivity contribution is -0.107. The summed E-state index contributed by atoms with van der Waals surface area (Å²) >= 11 is 0. The van der Waals surface area contributed by atoms with Gasteiger partial charge in [-0.15, -0.1) is 0 Å². The van der Waals surface area contributed by atoms with E-state index in [2.05, 4.69) is 39.5 Å². The molecule has 3 nitrogen and oxygen atoms in total. The molecule has 0 aromatic rings. The molecule has 0 radical (unpaired) electrons. The van der Waals surface area contributed by atoms with Crippen LogP contribution in [0.5, 0.6) is 0 Å². The maximum atomic E-state index is 6.64. The maximum Gasteiger partial charge on any atom is 0.0710 e. The summed E-state index contributed by atoms with van der Waals surface area (Å²) in [5.74, 6) is 0.872. The van der Waals surface area contributed by atoms with Crippen molar-refractivity contribution in [1.29, 1.82) is 0 Å². The molecule has 2 saturated heterocycles. The highest BCUT2D eigenvalue weighted by atomic mass is 16.5. The summed E-state index contributed by atoms with van der Waals surface area (Å²) in [5, 5.41) is 0. The monoisotopic (exact) mass is 323 g/mol. The van der Waals surface area contributed by atoms with Gasteiger partial charge in [-0.1, -0.05) is 20.8 Å². The molecule has 0 aromatic heterocycles. The molecule has 3 aliphatic rings. The number of hydrogen-bond acceptors (Lipinski definition) is 3. The minimum absolute atomic E-state index is 0.218. The fourth-order valence-electron chi connectivity index (χ4n) is 5.12. The zero-order chi connectivity index (χ0) is 16.7. The Kier molecular flexibility index (Phi) is 5.11. The molecule has 3 unspecified atom stereocenters. The van der Waals surface area contributed by atoms with Gasteiger partial charge in [-0.05, 0) is 63.7 Å². The molecule has 1 aliphatic carbocycles. The van der Waals surface area contributed by atoms with Crippen LogP contribution in [0.1, 0.15) is 73.1 Å². The number of ether oxygens (including phenoxy) is 2. The third-order valence-corrected chi connectivity index (χ3v) is 6.42. The molecule has 0 N–H and O–H groups in total. The predicted molar refractivity (Wildman–Crippen MR) is 94.7 cm³/mol. The van der Waals surface area contributed by atoms with Crippen LogP contribution in [-0.2, 0) is 9.47 Å². The van der Waals surface area contributed by atoms with Gasteiger partial charge in [0.2, 0.25) is 0 Å². The summed E-state index contributed by atoms with van der Waals surface area (Å²) in [5.41, 5.74) is 0.676. The molecule has 3 rings (SSSR count). The van der Waals surface area contributed by atoms with Crippen LogP contribution >= 0.6 is 0 Å². The first-order valence-corrected chi connectivity index (χ1v) is 9.81. The molecule has 3 fully saturated rings. The first kappa shape index (κ1) is 17.7. The van der Waals surface area contributed by atoms with Crippen LogP contribution in [-0.4, -0.2) is 48.4 Å².